The maximum Gasteiger partial charge on any atom is 0.306 e. The van der Waals surface area contributed by atoms with E-state index in [-0.39, 0.29) is 12.4 Å². The Labute approximate surface area is 129 Å². The molecule has 118 valence electrons. The Morgan fingerprint density at radius 2 is 2.10 bits per heavy atom. The van der Waals surface area contributed by atoms with Crippen molar-refractivity contribution in [3.8, 4) is 0 Å². The molecule has 6 nitrogen and oxygen atoms in total. The van der Waals surface area contributed by atoms with Crippen LogP contribution in [0.5, 0.6) is 0 Å². The van der Waals surface area contributed by atoms with Crippen LogP contribution in [0.3, 0.4) is 0 Å². The van der Waals surface area contributed by atoms with Crippen LogP contribution < -0.4 is 5.73 Å². The number of nitrogens with zero attached hydrogens (tertiary/aromatic N) is 2. The molecule has 1 aromatic heterocycles. The summed E-state index contributed by atoms with van der Waals surface area (Å²) >= 11 is 1.89. The Bertz CT molecular complexity index is 490. The van der Waals surface area contributed by atoms with Crippen LogP contribution in [-0.2, 0) is 21.5 Å². The number of carbonyl (C=O) groups excluding carboxylic acids is 1. The van der Waals surface area contributed by atoms with Gasteiger partial charge in [0.25, 0.3) is 0 Å². The molecule has 0 aliphatic carbocycles. The van der Waals surface area contributed by atoms with E-state index in [1.54, 1.807) is 0 Å². The van der Waals surface area contributed by atoms with Gasteiger partial charge in [0.15, 0.2) is 5.82 Å². The lowest BCUT2D eigenvalue weighted by atomic mass is 9.93. The zero-order chi connectivity index (χ0) is 15.5. The number of aryl methyl sites for hydroxylation is 1. The van der Waals surface area contributed by atoms with Crippen LogP contribution in [0, 0.1) is 0 Å². The van der Waals surface area contributed by atoms with E-state index < -0.39 is 11.1 Å². The van der Waals surface area contributed by atoms with Crippen LogP contribution in [0.2, 0.25) is 0 Å². The van der Waals surface area contributed by atoms with Gasteiger partial charge in [-0.15, -0.1) is 0 Å². The van der Waals surface area contributed by atoms with Gasteiger partial charge in [0.1, 0.15) is 5.60 Å². The Kier molecular flexibility index (Phi) is 4.93. The number of esters is 1. The number of nitrogens with two attached hydrogens (primary N) is 1. The summed E-state index contributed by atoms with van der Waals surface area (Å²) in [5, 5.41) is 3.99. The van der Waals surface area contributed by atoms with Crippen molar-refractivity contribution >= 4 is 17.7 Å². The van der Waals surface area contributed by atoms with Gasteiger partial charge >= 0.3 is 5.97 Å². The van der Waals surface area contributed by atoms with E-state index in [2.05, 4.69) is 10.1 Å². The highest BCUT2D eigenvalue weighted by Crippen LogP contribution is 2.31. The molecule has 1 aromatic rings. The van der Waals surface area contributed by atoms with E-state index in [1.807, 2.05) is 32.5 Å². The van der Waals surface area contributed by atoms with Gasteiger partial charge in [-0.3, -0.25) is 4.79 Å². The summed E-state index contributed by atoms with van der Waals surface area (Å²) < 4.78 is 10.5. The number of aromatic nitrogens is 2. The van der Waals surface area contributed by atoms with Gasteiger partial charge in [-0.05, 0) is 45.1 Å². The lowest BCUT2D eigenvalue weighted by molar-refractivity contribution is -0.154. The minimum Gasteiger partial charge on any atom is -0.460 e. The molecule has 0 amide bonds. The van der Waals surface area contributed by atoms with Crippen molar-refractivity contribution in [2.75, 3.05) is 11.5 Å². The summed E-state index contributed by atoms with van der Waals surface area (Å²) in [7, 11) is 0. The van der Waals surface area contributed by atoms with Gasteiger partial charge in [0.2, 0.25) is 5.89 Å². The number of thioether (sulfide) groups is 1. The molecular weight excluding hydrogens is 290 g/mol. The fraction of sp³-hybridized carbons (Fsp3) is 0.786. The van der Waals surface area contributed by atoms with Crippen LogP contribution in [0.4, 0.5) is 0 Å². The molecule has 0 aromatic carbocycles. The lowest BCUT2D eigenvalue weighted by Gasteiger charge is -2.29. The monoisotopic (exact) mass is 313 g/mol. The summed E-state index contributed by atoms with van der Waals surface area (Å²) in [5.74, 6) is 2.76. The summed E-state index contributed by atoms with van der Waals surface area (Å²) in [5.41, 5.74) is 5.38. The normalized spacial score (nSPS) is 18.5. The van der Waals surface area contributed by atoms with Gasteiger partial charge in [-0.25, -0.2) is 0 Å². The van der Waals surface area contributed by atoms with Crippen molar-refractivity contribution in [2.45, 2.75) is 57.6 Å². The van der Waals surface area contributed by atoms with Crippen LogP contribution in [0.25, 0.3) is 0 Å². The molecule has 1 aliphatic heterocycles. The predicted octanol–water partition coefficient (Wildman–Crippen LogP) is 2.02. The van der Waals surface area contributed by atoms with Gasteiger partial charge in [0, 0.05) is 6.42 Å². The largest absolute Gasteiger partial charge is 0.460 e. The van der Waals surface area contributed by atoms with E-state index in [9.17, 15) is 4.79 Å². The fourth-order valence-corrected chi connectivity index (χ4v) is 3.34. The summed E-state index contributed by atoms with van der Waals surface area (Å²) in [4.78, 5) is 16.0. The molecule has 7 heteroatoms. The third-order valence-electron chi connectivity index (χ3n) is 3.26. The van der Waals surface area contributed by atoms with Crippen molar-refractivity contribution in [1.29, 1.82) is 0 Å². The van der Waals surface area contributed by atoms with Crippen molar-refractivity contribution in [3.05, 3.63) is 11.7 Å². The molecule has 1 aliphatic rings. The number of hydrogen-bond donors (Lipinski definition) is 1. The quantitative estimate of drug-likeness (QED) is 0.850. The molecular formula is C14H23N3O3S. The maximum absolute atomic E-state index is 11.7. The predicted molar refractivity (Wildman–Crippen MR) is 80.9 cm³/mol. The van der Waals surface area contributed by atoms with Gasteiger partial charge in [0.05, 0.1) is 12.0 Å². The van der Waals surface area contributed by atoms with Crippen LogP contribution >= 0.6 is 11.8 Å². The summed E-state index contributed by atoms with van der Waals surface area (Å²) in [6.45, 7) is 5.53. The third-order valence-corrected chi connectivity index (χ3v) is 4.25. The number of ether oxygens (including phenoxy) is 1. The smallest absolute Gasteiger partial charge is 0.306 e. The molecule has 2 rings (SSSR count). The summed E-state index contributed by atoms with van der Waals surface area (Å²) in [6.07, 6.45) is 2.31. The van der Waals surface area contributed by atoms with Gasteiger partial charge in [-0.1, -0.05) is 5.16 Å². The highest BCUT2D eigenvalue weighted by Gasteiger charge is 2.34. The van der Waals surface area contributed by atoms with E-state index in [0.717, 1.165) is 24.3 Å². The molecule has 2 heterocycles. The minimum atomic E-state index is -0.487. The second-order valence-electron chi connectivity index (χ2n) is 6.37. The van der Waals surface area contributed by atoms with Gasteiger partial charge < -0.3 is 15.0 Å². The molecule has 21 heavy (non-hydrogen) atoms. The Morgan fingerprint density at radius 1 is 1.43 bits per heavy atom. The van der Waals surface area contributed by atoms with Crippen molar-refractivity contribution in [2.24, 2.45) is 5.73 Å². The van der Waals surface area contributed by atoms with Crippen molar-refractivity contribution < 1.29 is 14.1 Å². The highest BCUT2D eigenvalue weighted by atomic mass is 32.2. The van der Waals surface area contributed by atoms with Crippen molar-refractivity contribution in [1.82, 2.24) is 10.1 Å². The molecule has 1 fully saturated rings. The zero-order valence-electron chi connectivity index (χ0n) is 12.8. The average Bonchev–Trinajstić information content (AvgIpc) is 2.85. The first-order chi connectivity index (χ1) is 9.78. The van der Waals surface area contributed by atoms with Crippen molar-refractivity contribution in [3.63, 3.8) is 0 Å². The molecule has 0 bridgehead atoms. The second kappa shape index (κ2) is 6.36. The maximum atomic E-state index is 11.7. The number of hydrogen-bond acceptors (Lipinski definition) is 7. The average molecular weight is 313 g/mol. The van der Waals surface area contributed by atoms with E-state index in [1.165, 1.54) is 0 Å². The topological polar surface area (TPSA) is 91.2 Å². The highest BCUT2D eigenvalue weighted by molar-refractivity contribution is 7.99. The Balaban J connectivity index is 1.90. The number of rotatable bonds is 4. The first kappa shape index (κ1) is 16.3. The van der Waals surface area contributed by atoms with Crippen LogP contribution in [-0.4, -0.2) is 33.2 Å². The molecule has 0 atom stereocenters. The SMILES string of the molecule is CC(C)(C)OC(=O)CCc1nc(C2(N)CCSCC2)no1. The molecule has 0 spiro atoms. The van der Waals surface area contributed by atoms with Crippen LogP contribution in [0.15, 0.2) is 4.52 Å². The third kappa shape index (κ3) is 4.71. The Morgan fingerprint density at radius 3 is 2.71 bits per heavy atom. The van der Waals surface area contributed by atoms with E-state index in [0.29, 0.717) is 18.1 Å². The van der Waals surface area contributed by atoms with Crippen LogP contribution in [0.1, 0.15) is 51.7 Å². The molecule has 2 N–H and O–H groups in total. The second-order valence-corrected chi connectivity index (χ2v) is 7.59. The number of carbonyl (C=O) groups is 1. The minimum absolute atomic E-state index is 0.228. The van der Waals surface area contributed by atoms with Gasteiger partial charge in [-0.2, -0.15) is 16.7 Å². The first-order valence-corrected chi connectivity index (χ1v) is 8.35. The van der Waals surface area contributed by atoms with E-state index >= 15 is 0 Å². The standard InChI is InChI=1S/C14H23N3O3S/c1-13(2,3)19-11(18)5-4-10-16-12(17-20-10)14(15)6-8-21-9-7-14/h4-9,15H2,1-3H3. The molecule has 1 saturated heterocycles. The zero-order valence-corrected chi connectivity index (χ0v) is 13.7. The molecule has 0 radical (unpaired) electrons. The molecule has 0 saturated carbocycles. The summed E-state index contributed by atoms with van der Waals surface area (Å²) in [6, 6.07) is 0. The molecule has 0 unspecified atom stereocenters. The first-order valence-electron chi connectivity index (χ1n) is 7.20. The Hall–Kier alpha value is -1.08. The lowest BCUT2D eigenvalue weighted by Crippen LogP contribution is -2.41. The van der Waals surface area contributed by atoms with E-state index in [4.69, 9.17) is 15.0 Å². The fourth-order valence-electron chi connectivity index (χ4n) is 2.12.